The second-order valence-electron chi connectivity index (χ2n) is 6.54. The lowest BCUT2D eigenvalue weighted by molar-refractivity contribution is 0.102. The van der Waals surface area contributed by atoms with E-state index in [1.165, 1.54) is 0 Å². The molecule has 0 saturated carbocycles. The average Bonchev–Trinajstić information content (AvgIpc) is 3.26. The predicted octanol–water partition coefficient (Wildman–Crippen LogP) is 4.81. The third-order valence-corrected chi connectivity index (χ3v) is 4.72. The molecule has 1 N–H and O–H groups in total. The van der Waals surface area contributed by atoms with Crippen LogP contribution in [0.2, 0.25) is 0 Å². The first-order valence-corrected chi connectivity index (χ1v) is 9.43. The Morgan fingerprint density at radius 2 is 1.60 bits per heavy atom. The number of hydrogen-bond donors (Lipinski definition) is 1. The Morgan fingerprint density at radius 3 is 2.27 bits per heavy atom. The molecule has 1 aromatic heterocycles. The lowest BCUT2D eigenvalue weighted by atomic mass is 10.1. The first kappa shape index (κ1) is 19.3. The predicted molar refractivity (Wildman–Crippen MR) is 116 cm³/mol. The first-order chi connectivity index (χ1) is 14.7. The van der Waals surface area contributed by atoms with Gasteiger partial charge in [-0.3, -0.25) is 4.79 Å². The van der Waals surface area contributed by atoms with E-state index in [1.54, 1.807) is 43.3 Å². The number of carbonyl (C=O) groups is 1. The van der Waals surface area contributed by atoms with Gasteiger partial charge in [-0.2, -0.15) is 5.10 Å². The monoisotopic (exact) mass is 399 g/mol. The highest BCUT2D eigenvalue weighted by atomic mass is 16.5. The van der Waals surface area contributed by atoms with Crippen molar-refractivity contribution in [2.45, 2.75) is 0 Å². The summed E-state index contributed by atoms with van der Waals surface area (Å²) in [6.45, 7) is 0. The van der Waals surface area contributed by atoms with E-state index in [1.807, 2.05) is 60.7 Å². The molecule has 0 unspecified atom stereocenters. The second-order valence-corrected chi connectivity index (χ2v) is 6.54. The Labute approximate surface area is 174 Å². The number of methoxy groups -OCH3 is 2. The molecule has 4 aromatic rings. The van der Waals surface area contributed by atoms with E-state index in [0.717, 1.165) is 11.3 Å². The first-order valence-electron chi connectivity index (χ1n) is 9.43. The van der Waals surface area contributed by atoms with E-state index in [9.17, 15) is 4.79 Å². The molecule has 0 radical (unpaired) electrons. The third kappa shape index (κ3) is 3.75. The summed E-state index contributed by atoms with van der Waals surface area (Å²) in [6.07, 6.45) is 1.58. The van der Waals surface area contributed by atoms with Crippen LogP contribution in [-0.4, -0.2) is 29.9 Å². The molecule has 0 bridgehead atoms. The molecule has 0 aliphatic heterocycles. The Bertz CT molecular complexity index is 1160. The number of para-hydroxylation sites is 1. The van der Waals surface area contributed by atoms with Crippen molar-refractivity contribution in [1.82, 2.24) is 9.78 Å². The molecule has 1 heterocycles. The highest BCUT2D eigenvalue weighted by Crippen LogP contribution is 2.31. The zero-order valence-electron chi connectivity index (χ0n) is 16.7. The fourth-order valence-electron chi connectivity index (χ4n) is 3.24. The molecule has 3 aromatic carbocycles. The fourth-order valence-corrected chi connectivity index (χ4v) is 3.24. The molecule has 6 nitrogen and oxygen atoms in total. The number of anilines is 1. The van der Waals surface area contributed by atoms with Gasteiger partial charge < -0.3 is 14.8 Å². The van der Waals surface area contributed by atoms with E-state index >= 15 is 0 Å². The lowest BCUT2D eigenvalue weighted by Gasteiger charge is -2.13. The van der Waals surface area contributed by atoms with E-state index in [4.69, 9.17) is 9.47 Å². The number of hydrogen-bond acceptors (Lipinski definition) is 4. The van der Waals surface area contributed by atoms with Crippen LogP contribution >= 0.6 is 0 Å². The van der Waals surface area contributed by atoms with Gasteiger partial charge in [0, 0.05) is 11.6 Å². The smallest absolute Gasteiger partial charge is 0.259 e. The molecule has 30 heavy (non-hydrogen) atoms. The summed E-state index contributed by atoms with van der Waals surface area (Å²) >= 11 is 0. The van der Waals surface area contributed by atoms with Crippen molar-refractivity contribution in [2.75, 3.05) is 19.5 Å². The minimum absolute atomic E-state index is 0.278. The van der Waals surface area contributed by atoms with Gasteiger partial charge in [-0.15, -0.1) is 0 Å². The van der Waals surface area contributed by atoms with Gasteiger partial charge in [-0.25, -0.2) is 4.68 Å². The Morgan fingerprint density at radius 1 is 0.900 bits per heavy atom. The van der Waals surface area contributed by atoms with Crippen molar-refractivity contribution >= 4 is 11.6 Å². The standard InChI is InChI=1S/C24H21N3O3/c1-29-19-13-14-21(22(15-19)30-2)26-24(28)20-16-25-27(18-11-7-4-8-12-18)23(20)17-9-5-3-6-10-17/h3-16H,1-2H3,(H,26,28). The topological polar surface area (TPSA) is 65.4 Å². The van der Waals surface area contributed by atoms with Crippen molar-refractivity contribution in [2.24, 2.45) is 0 Å². The fraction of sp³-hybridized carbons (Fsp3) is 0.0833. The molecule has 0 aliphatic rings. The van der Waals surface area contributed by atoms with Gasteiger partial charge in [0.25, 0.3) is 5.91 Å². The van der Waals surface area contributed by atoms with Crippen molar-refractivity contribution in [3.8, 4) is 28.4 Å². The molecule has 1 amide bonds. The van der Waals surface area contributed by atoms with Crippen molar-refractivity contribution < 1.29 is 14.3 Å². The molecule has 0 fully saturated rings. The minimum atomic E-state index is -0.278. The lowest BCUT2D eigenvalue weighted by Crippen LogP contribution is -2.14. The highest BCUT2D eigenvalue weighted by molar-refractivity contribution is 6.08. The van der Waals surface area contributed by atoms with Gasteiger partial charge in [-0.1, -0.05) is 48.5 Å². The van der Waals surface area contributed by atoms with Crippen molar-refractivity contribution in [3.05, 3.63) is 90.6 Å². The van der Waals surface area contributed by atoms with Gasteiger partial charge in [0.15, 0.2) is 0 Å². The number of carbonyl (C=O) groups excluding carboxylic acids is 1. The SMILES string of the molecule is COc1ccc(NC(=O)c2cnn(-c3ccccc3)c2-c2ccccc2)c(OC)c1. The van der Waals surface area contributed by atoms with E-state index < -0.39 is 0 Å². The van der Waals surface area contributed by atoms with E-state index in [2.05, 4.69) is 10.4 Å². The number of aromatic nitrogens is 2. The van der Waals surface area contributed by atoms with E-state index in [-0.39, 0.29) is 5.91 Å². The van der Waals surface area contributed by atoms with Crippen LogP contribution in [0, 0.1) is 0 Å². The average molecular weight is 399 g/mol. The number of amides is 1. The quantitative estimate of drug-likeness (QED) is 0.505. The number of nitrogens with one attached hydrogen (secondary N) is 1. The van der Waals surface area contributed by atoms with Crippen LogP contribution in [0.1, 0.15) is 10.4 Å². The maximum Gasteiger partial charge on any atom is 0.259 e. The van der Waals surface area contributed by atoms with Gasteiger partial charge in [0.2, 0.25) is 0 Å². The van der Waals surface area contributed by atoms with Crippen LogP contribution in [0.25, 0.3) is 16.9 Å². The summed E-state index contributed by atoms with van der Waals surface area (Å²) in [5, 5.41) is 7.43. The second kappa shape index (κ2) is 8.53. The Balaban J connectivity index is 1.76. The van der Waals surface area contributed by atoms with Crippen molar-refractivity contribution in [1.29, 1.82) is 0 Å². The molecule has 4 rings (SSSR count). The van der Waals surface area contributed by atoms with Crippen LogP contribution < -0.4 is 14.8 Å². The Hall–Kier alpha value is -4.06. The molecule has 0 atom stereocenters. The van der Waals surface area contributed by atoms with Crippen LogP contribution in [0.3, 0.4) is 0 Å². The van der Waals surface area contributed by atoms with Crippen molar-refractivity contribution in [3.63, 3.8) is 0 Å². The zero-order valence-corrected chi connectivity index (χ0v) is 16.7. The Kier molecular flexibility index (Phi) is 5.48. The largest absolute Gasteiger partial charge is 0.497 e. The summed E-state index contributed by atoms with van der Waals surface area (Å²) < 4.78 is 12.4. The number of benzene rings is 3. The normalized spacial score (nSPS) is 10.5. The molecule has 6 heteroatoms. The minimum Gasteiger partial charge on any atom is -0.497 e. The van der Waals surface area contributed by atoms with Gasteiger partial charge >= 0.3 is 0 Å². The highest BCUT2D eigenvalue weighted by Gasteiger charge is 2.21. The summed E-state index contributed by atoms with van der Waals surface area (Å²) in [5.74, 6) is 0.880. The van der Waals surface area contributed by atoms with Gasteiger partial charge in [-0.05, 0) is 24.3 Å². The maximum atomic E-state index is 13.2. The summed E-state index contributed by atoms with van der Waals surface area (Å²) in [4.78, 5) is 13.2. The number of ether oxygens (including phenoxy) is 2. The third-order valence-electron chi connectivity index (χ3n) is 4.72. The van der Waals surface area contributed by atoms with E-state index in [0.29, 0.717) is 28.4 Å². The molecule has 0 aliphatic carbocycles. The summed E-state index contributed by atoms with van der Waals surface area (Å²) in [7, 11) is 3.13. The number of rotatable bonds is 6. The molecule has 0 spiro atoms. The zero-order chi connectivity index (χ0) is 20.9. The maximum absolute atomic E-state index is 13.2. The van der Waals surface area contributed by atoms with Crippen LogP contribution in [0.4, 0.5) is 5.69 Å². The summed E-state index contributed by atoms with van der Waals surface area (Å²) in [6, 6.07) is 24.7. The van der Waals surface area contributed by atoms with Gasteiger partial charge in [0.05, 0.1) is 43.0 Å². The molecular weight excluding hydrogens is 378 g/mol. The van der Waals surface area contributed by atoms with Crippen LogP contribution in [0.15, 0.2) is 85.1 Å². The molecular formula is C24H21N3O3. The number of nitrogens with zero attached hydrogens (tertiary/aromatic N) is 2. The van der Waals surface area contributed by atoms with Crippen LogP contribution in [0.5, 0.6) is 11.5 Å². The molecule has 150 valence electrons. The van der Waals surface area contributed by atoms with Crippen LogP contribution in [-0.2, 0) is 0 Å². The summed E-state index contributed by atoms with van der Waals surface area (Å²) in [5.41, 5.74) is 3.49. The molecule has 0 saturated heterocycles. The van der Waals surface area contributed by atoms with Gasteiger partial charge in [0.1, 0.15) is 11.5 Å².